The first-order chi connectivity index (χ1) is 11.4. The molecule has 0 aromatic rings. The van der Waals surface area contributed by atoms with Gasteiger partial charge in [-0.05, 0) is 6.42 Å². The molecule has 3 heteroatoms. The molecule has 0 amide bonds. The van der Waals surface area contributed by atoms with Gasteiger partial charge in [0.15, 0.2) is 0 Å². The lowest BCUT2D eigenvalue weighted by Crippen LogP contribution is -1.87. The molecule has 0 unspecified atom stereocenters. The number of rotatable bonds is 19. The van der Waals surface area contributed by atoms with Gasteiger partial charge in [0.2, 0.25) is 0 Å². The van der Waals surface area contributed by atoms with E-state index in [1.54, 1.807) is 0 Å². The molecule has 3 nitrogen and oxygen atoms in total. The highest BCUT2D eigenvalue weighted by Crippen LogP contribution is 2.13. The van der Waals surface area contributed by atoms with Crippen LogP contribution in [0.2, 0.25) is 0 Å². The summed E-state index contributed by atoms with van der Waals surface area (Å²) >= 11 is 0. The van der Waals surface area contributed by atoms with Gasteiger partial charge in [0.05, 0.1) is 19.7 Å². The average Bonchev–Trinajstić information content (AvgIpc) is 2.57. The third-order valence-corrected chi connectivity index (χ3v) is 4.41. The van der Waals surface area contributed by atoms with E-state index in [9.17, 15) is 0 Å². The fourth-order valence-electron chi connectivity index (χ4n) is 2.92. The first kappa shape index (κ1) is 22.6. The summed E-state index contributed by atoms with van der Waals surface area (Å²) in [5.74, 6) is 0. The van der Waals surface area contributed by atoms with Crippen molar-refractivity contribution in [3.8, 4) is 0 Å². The number of hydrogen-bond donors (Lipinski definition) is 1. The van der Waals surface area contributed by atoms with Crippen LogP contribution in [0.5, 0.6) is 0 Å². The van der Waals surface area contributed by atoms with Gasteiger partial charge in [-0.3, -0.25) is 0 Å². The Labute approximate surface area is 145 Å². The lowest BCUT2D eigenvalue weighted by molar-refractivity contribution is 0.304. The molecule has 0 saturated carbocycles. The molecule has 0 aromatic carbocycles. The molecule has 0 bridgehead atoms. The predicted molar refractivity (Wildman–Crippen MR) is 101 cm³/mol. The van der Waals surface area contributed by atoms with Gasteiger partial charge in [0, 0.05) is 0 Å². The summed E-state index contributed by atoms with van der Waals surface area (Å²) in [7, 11) is 0. The Kier molecular flexibility index (Phi) is 21.1. The normalized spacial score (nSPS) is 11.6. The zero-order valence-corrected chi connectivity index (χ0v) is 15.8. The first-order valence-electron chi connectivity index (χ1n) is 10.4. The Balaban J connectivity index is 2.97. The summed E-state index contributed by atoms with van der Waals surface area (Å²) in [4.78, 5) is 0. The lowest BCUT2D eigenvalue weighted by atomic mass is 10.0. The molecule has 0 spiro atoms. The summed E-state index contributed by atoms with van der Waals surface area (Å²) in [6, 6.07) is 0. The molecule has 0 atom stereocenters. The molecule has 0 heterocycles. The number of aliphatic hydroxyl groups excluding tert-OH is 1. The molecular weight excluding hydrogens is 284 g/mol. The summed E-state index contributed by atoms with van der Waals surface area (Å²) in [5, 5.41) is 16.5. The maximum absolute atomic E-state index is 8.56. The van der Waals surface area contributed by atoms with Crippen molar-refractivity contribution >= 4 is 0 Å². The van der Waals surface area contributed by atoms with E-state index in [2.05, 4.69) is 17.2 Å². The van der Waals surface area contributed by atoms with E-state index < -0.39 is 0 Å². The molecular formula is C20H42N2O. The van der Waals surface area contributed by atoms with E-state index in [1.807, 2.05) is 0 Å². The second-order valence-electron chi connectivity index (χ2n) is 6.76. The summed E-state index contributed by atoms with van der Waals surface area (Å²) in [5.41, 5.74) is 0. The van der Waals surface area contributed by atoms with Crippen molar-refractivity contribution in [1.29, 1.82) is 0 Å². The molecule has 0 aliphatic carbocycles. The van der Waals surface area contributed by atoms with Crippen molar-refractivity contribution in [2.24, 2.45) is 10.2 Å². The highest BCUT2D eigenvalue weighted by molar-refractivity contribution is 4.50. The van der Waals surface area contributed by atoms with E-state index >= 15 is 0 Å². The van der Waals surface area contributed by atoms with Crippen LogP contribution >= 0.6 is 0 Å². The zero-order chi connectivity index (χ0) is 16.8. The predicted octanol–water partition coefficient (Wildman–Crippen LogP) is 6.69. The maximum atomic E-state index is 8.56. The zero-order valence-electron chi connectivity index (χ0n) is 15.8. The van der Waals surface area contributed by atoms with E-state index in [1.165, 1.54) is 96.3 Å². The smallest absolute Gasteiger partial charge is 0.0830 e. The van der Waals surface area contributed by atoms with Crippen LogP contribution in [-0.2, 0) is 0 Å². The van der Waals surface area contributed by atoms with Gasteiger partial charge in [0.1, 0.15) is 0 Å². The van der Waals surface area contributed by atoms with Gasteiger partial charge < -0.3 is 5.11 Å². The van der Waals surface area contributed by atoms with E-state index in [-0.39, 0.29) is 6.61 Å². The van der Waals surface area contributed by atoms with Gasteiger partial charge in [-0.15, -0.1) is 0 Å². The molecule has 23 heavy (non-hydrogen) atoms. The molecule has 0 aromatic heterocycles. The number of azo groups is 1. The minimum Gasteiger partial charge on any atom is -0.394 e. The third kappa shape index (κ3) is 21.6. The van der Waals surface area contributed by atoms with Gasteiger partial charge in [0.25, 0.3) is 0 Å². The van der Waals surface area contributed by atoms with Crippen LogP contribution in [0.4, 0.5) is 0 Å². The van der Waals surface area contributed by atoms with Gasteiger partial charge in [-0.1, -0.05) is 103 Å². The Morgan fingerprint density at radius 3 is 1.22 bits per heavy atom. The lowest BCUT2D eigenvalue weighted by Gasteiger charge is -2.03. The molecule has 0 aliphatic heterocycles. The second kappa shape index (κ2) is 21.6. The number of nitrogens with zero attached hydrogens (tertiary/aromatic N) is 2. The minimum absolute atomic E-state index is 0.114. The largest absolute Gasteiger partial charge is 0.394 e. The van der Waals surface area contributed by atoms with Gasteiger partial charge in [-0.25, -0.2) is 0 Å². The maximum Gasteiger partial charge on any atom is 0.0830 e. The third-order valence-electron chi connectivity index (χ3n) is 4.41. The summed E-state index contributed by atoms with van der Waals surface area (Å²) in [6.07, 6.45) is 22.4. The molecule has 0 fully saturated rings. The Morgan fingerprint density at radius 2 is 0.826 bits per heavy atom. The quantitative estimate of drug-likeness (QED) is 0.208. The summed E-state index contributed by atoms with van der Waals surface area (Å²) in [6.45, 7) is 3.69. The number of unbranched alkanes of at least 4 members (excludes halogenated alkanes) is 15. The number of hydrogen-bond acceptors (Lipinski definition) is 3. The summed E-state index contributed by atoms with van der Waals surface area (Å²) < 4.78 is 0. The van der Waals surface area contributed by atoms with Gasteiger partial charge >= 0.3 is 0 Å². The Hall–Kier alpha value is -0.440. The molecule has 0 saturated heterocycles. The standard InChI is InChI=1S/C20H42N2O/c1-2-3-4-5-6-7-8-9-10-11-12-13-14-15-16-17-18-21-22-19-20-23/h23H,2-20H2,1H3. The SMILES string of the molecule is CCCCCCCCCCCCCCCCCCN=NCCO. The van der Waals surface area contributed by atoms with Crippen LogP contribution in [0.3, 0.4) is 0 Å². The molecule has 0 radical (unpaired) electrons. The Morgan fingerprint density at radius 1 is 0.478 bits per heavy atom. The van der Waals surface area contributed by atoms with Crippen LogP contribution in [0.25, 0.3) is 0 Å². The van der Waals surface area contributed by atoms with E-state index in [0.29, 0.717) is 6.54 Å². The monoisotopic (exact) mass is 326 g/mol. The van der Waals surface area contributed by atoms with E-state index in [0.717, 1.165) is 13.0 Å². The van der Waals surface area contributed by atoms with Crippen molar-refractivity contribution in [2.45, 2.75) is 110 Å². The molecule has 0 rings (SSSR count). The topological polar surface area (TPSA) is 45.0 Å². The molecule has 1 N–H and O–H groups in total. The fourth-order valence-corrected chi connectivity index (χ4v) is 2.92. The fraction of sp³-hybridized carbons (Fsp3) is 1.00. The average molecular weight is 327 g/mol. The number of aliphatic hydroxyl groups is 1. The molecule has 0 aliphatic rings. The van der Waals surface area contributed by atoms with Crippen molar-refractivity contribution in [3.05, 3.63) is 0 Å². The molecule has 138 valence electrons. The van der Waals surface area contributed by atoms with Crippen LogP contribution in [0, 0.1) is 0 Å². The minimum atomic E-state index is 0.114. The Bertz CT molecular complexity index is 232. The van der Waals surface area contributed by atoms with E-state index in [4.69, 9.17) is 5.11 Å². The van der Waals surface area contributed by atoms with Crippen LogP contribution < -0.4 is 0 Å². The van der Waals surface area contributed by atoms with Crippen LogP contribution in [0.1, 0.15) is 110 Å². The van der Waals surface area contributed by atoms with Crippen molar-refractivity contribution in [2.75, 3.05) is 19.7 Å². The van der Waals surface area contributed by atoms with Crippen molar-refractivity contribution in [3.63, 3.8) is 0 Å². The van der Waals surface area contributed by atoms with Crippen LogP contribution in [-0.4, -0.2) is 24.8 Å². The van der Waals surface area contributed by atoms with Gasteiger partial charge in [-0.2, -0.15) is 10.2 Å². The van der Waals surface area contributed by atoms with Crippen molar-refractivity contribution < 1.29 is 5.11 Å². The first-order valence-corrected chi connectivity index (χ1v) is 10.4. The highest BCUT2D eigenvalue weighted by Gasteiger charge is 1.94. The second-order valence-corrected chi connectivity index (χ2v) is 6.76. The van der Waals surface area contributed by atoms with Crippen LogP contribution in [0.15, 0.2) is 10.2 Å². The van der Waals surface area contributed by atoms with Crippen molar-refractivity contribution in [1.82, 2.24) is 0 Å². The highest BCUT2D eigenvalue weighted by atomic mass is 16.3.